The van der Waals surface area contributed by atoms with Crippen LogP contribution < -0.4 is 4.72 Å². The summed E-state index contributed by atoms with van der Waals surface area (Å²) in [6.07, 6.45) is 3.21. The van der Waals surface area contributed by atoms with Crippen LogP contribution in [-0.4, -0.2) is 18.6 Å². The van der Waals surface area contributed by atoms with Crippen LogP contribution in [0.3, 0.4) is 0 Å². The van der Waals surface area contributed by atoms with Crippen molar-refractivity contribution in [3.05, 3.63) is 58.8 Å². The fraction of sp³-hybridized carbons (Fsp3) is 0. The number of hydrogen-bond acceptors (Lipinski definition) is 5. The molecule has 0 aliphatic rings. The number of nitrogens with zero attached hydrogens (tertiary/aromatic N) is 2. The number of anilines is 1. The first-order valence-electron chi connectivity index (χ1n) is 6.30. The molecule has 0 aliphatic carbocycles. The fourth-order valence-electron chi connectivity index (χ4n) is 1.85. The maximum atomic E-state index is 12.3. The molecule has 0 amide bonds. The zero-order valence-corrected chi connectivity index (χ0v) is 13.7. The topological polar surface area (TPSA) is 85.1 Å². The molecule has 0 atom stereocenters. The van der Waals surface area contributed by atoms with Crippen molar-refractivity contribution in [2.45, 2.75) is 4.90 Å². The third-order valence-corrected chi connectivity index (χ3v) is 4.61. The van der Waals surface area contributed by atoms with Crippen LogP contribution in [0.4, 0.5) is 5.88 Å². The summed E-state index contributed by atoms with van der Waals surface area (Å²) in [5.74, 6) is -0.0278. The highest BCUT2D eigenvalue weighted by Gasteiger charge is 2.18. The highest BCUT2D eigenvalue weighted by molar-refractivity contribution is 7.92. The zero-order valence-electron chi connectivity index (χ0n) is 11.4. The Labute approximate surface area is 142 Å². The fourth-order valence-corrected chi connectivity index (χ4v) is 3.55. The molecule has 3 aromatic rings. The van der Waals surface area contributed by atoms with Crippen LogP contribution in [-0.2, 0) is 10.0 Å². The largest absolute Gasteiger partial charge is 0.337 e. The molecule has 6 nitrogen and oxygen atoms in total. The molecule has 9 heteroatoms. The molecule has 0 radical (unpaired) electrons. The Morgan fingerprint density at radius 1 is 1.09 bits per heavy atom. The number of nitrogens with one attached hydrogen (secondary N) is 1. The summed E-state index contributed by atoms with van der Waals surface area (Å²) in [6.45, 7) is 0. The van der Waals surface area contributed by atoms with Crippen LogP contribution in [0.1, 0.15) is 0 Å². The molecule has 0 saturated carbocycles. The van der Waals surface area contributed by atoms with Gasteiger partial charge in [-0.2, -0.15) is 0 Å². The summed E-state index contributed by atoms with van der Waals surface area (Å²) < 4.78 is 31.9. The van der Waals surface area contributed by atoms with Gasteiger partial charge in [0.15, 0.2) is 0 Å². The molecule has 2 heterocycles. The van der Waals surface area contributed by atoms with Gasteiger partial charge in [-0.25, -0.2) is 13.1 Å². The predicted octanol–water partition coefficient (Wildman–Crippen LogP) is 3.84. The van der Waals surface area contributed by atoms with E-state index in [0.717, 1.165) is 0 Å². The third kappa shape index (κ3) is 3.64. The molecule has 118 valence electrons. The van der Waals surface area contributed by atoms with E-state index < -0.39 is 10.0 Å². The zero-order chi connectivity index (χ0) is 16.4. The summed E-state index contributed by atoms with van der Waals surface area (Å²) in [7, 11) is -3.90. The van der Waals surface area contributed by atoms with E-state index in [1.807, 2.05) is 0 Å². The second-order valence-corrected chi connectivity index (χ2v) is 7.08. The van der Waals surface area contributed by atoms with Crippen molar-refractivity contribution in [1.82, 2.24) is 10.1 Å². The van der Waals surface area contributed by atoms with Crippen molar-refractivity contribution in [3.8, 4) is 11.3 Å². The van der Waals surface area contributed by atoms with Gasteiger partial charge in [0.2, 0.25) is 5.88 Å². The van der Waals surface area contributed by atoms with Gasteiger partial charge in [0.25, 0.3) is 10.0 Å². The van der Waals surface area contributed by atoms with Gasteiger partial charge in [-0.05, 0) is 30.3 Å². The van der Waals surface area contributed by atoms with Gasteiger partial charge < -0.3 is 4.52 Å². The minimum atomic E-state index is -3.90. The van der Waals surface area contributed by atoms with Crippen LogP contribution >= 0.6 is 23.2 Å². The van der Waals surface area contributed by atoms with Crippen molar-refractivity contribution in [2.24, 2.45) is 0 Å². The summed E-state index contributed by atoms with van der Waals surface area (Å²) in [5.41, 5.74) is 1.16. The van der Waals surface area contributed by atoms with E-state index in [4.69, 9.17) is 27.7 Å². The van der Waals surface area contributed by atoms with E-state index in [2.05, 4.69) is 14.9 Å². The first-order chi connectivity index (χ1) is 10.9. The maximum absolute atomic E-state index is 12.3. The average Bonchev–Trinajstić information content (AvgIpc) is 2.95. The molecule has 0 unspecified atom stereocenters. The van der Waals surface area contributed by atoms with Gasteiger partial charge in [0.05, 0.1) is 4.90 Å². The van der Waals surface area contributed by atoms with Crippen molar-refractivity contribution in [3.63, 3.8) is 0 Å². The number of pyridine rings is 1. The Morgan fingerprint density at radius 3 is 2.48 bits per heavy atom. The summed E-state index contributed by atoms with van der Waals surface area (Å²) in [6, 6.07) is 8.99. The van der Waals surface area contributed by atoms with Gasteiger partial charge in [-0.3, -0.25) is 4.98 Å². The average molecular weight is 370 g/mol. The van der Waals surface area contributed by atoms with Crippen molar-refractivity contribution in [2.75, 3.05) is 4.72 Å². The molecule has 23 heavy (non-hydrogen) atoms. The van der Waals surface area contributed by atoms with Crippen LogP contribution in [0.25, 0.3) is 11.3 Å². The predicted molar refractivity (Wildman–Crippen MR) is 87.0 cm³/mol. The van der Waals surface area contributed by atoms with Crippen LogP contribution in [0.5, 0.6) is 0 Å². The quantitative estimate of drug-likeness (QED) is 0.754. The number of aromatic nitrogens is 2. The lowest BCUT2D eigenvalue weighted by Crippen LogP contribution is -2.12. The number of sulfonamides is 1. The molecule has 2 aromatic heterocycles. The Kier molecular flexibility index (Phi) is 4.25. The number of benzene rings is 1. The molecule has 1 N–H and O–H groups in total. The molecule has 3 rings (SSSR count). The van der Waals surface area contributed by atoms with Gasteiger partial charge in [0.1, 0.15) is 5.69 Å². The summed E-state index contributed by atoms with van der Waals surface area (Å²) >= 11 is 11.6. The monoisotopic (exact) mass is 369 g/mol. The van der Waals surface area contributed by atoms with E-state index in [9.17, 15) is 8.42 Å². The van der Waals surface area contributed by atoms with E-state index in [-0.39, 0.29) is 20.8 Å². The first-order valence-corrected chi connectivity index (χ1v) is 8.54. The lowest BCUT2D eigenvalue weighted by Gasteiger charge is -2.05. The third-order valence-electron chi connectivity index (χ3n) is 2.85. The number of halogens is 2. The summed E-state index contributed by atoms with van der Waals surface area (Å²) in [5, 5.41) is 4.23. The van der Waals surface area contributed by atoms with Gasteiger partial charge in [-0.1, -0.05) is 28.4 Å². The molecular weight excluding hydrogens is 361 g/mol. The van der Waals surface area contributed by atoms with E-state index in [0.29, 0.717) is 11.3 Å². The molecule has 1 aromatic carbocycles. The van der Waals surface area contributed by atoms with E-state index >= 15 is 0 Å². The molecule has 0 saturated heterocycles. The molecule has 0 fully saturated rings. The Balaban J connectivity index is 1.88. The van der Waals surface area contributed by atoms with Crippen LogP contribution in [0.15, 0.2) is 58.2 Å². The normalized spacial score (nSPS) is 11.4. The van der Waals surface area contributed by atoms with Crippen LogP contribution in [0.2, 0.25) is 10.0 Å². The lowest BCUT2D eigenvalue weighted by atomic mass is 10.2. The second-order valence-electron chi connectivity index (χ2n) is 4.53. The standard InChI is InChI=1S/C14H9Cl2N3O3S/c15-10-4-11(16)6-12(5-10)23(20,21)19-14-7-13(18-22-14)9-2-1-3-17-8-9/h1-8,19H. The SMILES string of the molecule is O=S(=O)(Nc1cc(-c2cccnc2)no1)c1cc(Cl)cc(Cl)c1. The van der Waals surface area contributed by atoms with Gasteiger partial charge >= 0.3 is 0 Å². The van der Waals surface area contributed by atoms with Gasteiger partial charge in [0, 0.05) is 34.1 Å². The molecule has 0 aliphatic heterocycles. The first kappa shape index (κ1) is 15.8. The number of hydrogen-bond donors (Lipinski definition) is 1. The molecular formula is C14H9Cl2N3O3S. The summed E-state index contributed by atoms with van der Waals surface area (Å²) in [4.78, 5) is 3.89. The van der Waals surface area contributed by atoms with Gasteiger partial charge in [-0.15, -0.1) is 0 Å². The number of rotatable bonds is 4. The minimum Gasteiger partial charge on any atom is -0.337 e. The van der Waals surface area contributed by atoms with E-state index in [1.54, 1.807) is 24.5 Å². The Bertz CT molecular complexity index is 923. The highest BCUT2D eigenvalue weighted by atomic mass is 35.5. The van der Waals surface area contributed by atoms with Crippen LogP contribution in [0, 0.1) is 0 Å². The van der Waals surface area contributed by atoms with Crippen molar-refractivity contribution in [1.29, 1.82) is 0 Å². The van der Waals surface area contributed by atoms with E-state index in [1.165, 1.54) is 24.3 Å². The smallest absolute Gasteiger partial charge is 0.264 e. The Morgan fingerprint density at radius 2 is 1.83 bits per heavy atom. The van der Waals surface area contributed by atoms with Crippen molar-refractivity contribution >= 4 is 39.1 Å². The molecule has 0 spiro atoms. The maximum Gasteiger partial charge on any atom is 0.264 e. The highest BCUT2D eigenvalue weighted by Crippen LogP contribution is 2.26. The van der Waals surface area contributed by atoms with Crippen molar-refractivity contribution < 1.29 is 12.9 Å². The molecule has 0 bridgehead atoms. The minimum absolute atomic E-state index is 0.0278. The second kappa shape index (κ2) is 6.19. The Hall–Kier alpha value is -2.09. The lowest BCUT2D eigenvalue weighted by molar-refractivity contribution is 0.438.